The predicted octanol–water partition coefficient (Wildman–Crippen LogP) is 1.63. The zero-order valence-electron chi connectivity index (χ0n) is 12.1. The Morgan fingerprint density at radius 3 is 3.00 bits per heavy atom. The molecule has 1 aliphatic rings. The lowest BCUT2D eigenvalue weighted by Gasteiger charge is -2.22. The summed E-state index contributed by atoms with van der Waals surface area (Å²) < 4.78 is 5.11. The molecule has 0 radical (unpaired) electrons. The van der Waals surface area contributed by atoms with E-state index in [0.29, 0.717) is 6.42 Å². The van der Waals surface area contributed by atoms with Crippen LogP contribution in [-0.4, -0.2) is 29.3 Å². The van der Waals surface area contributed by atoms with Gasteiger partial charge in [-0.3, -0.25) is 9.89 Å². The highest BCUT2D eigenvalue weighted by molar-refractivity contribution is 5.79. The quantitative estimate of drug-likeness (QED) is 0.897. The third kappa shape index (κ3) is 3.24. The Morgan fingerprint density at radius 1 is 1.43 bits per heavy atom. The monoisotopic (exact) mass is 285 g/mol. The smallest absolute Gasteiger partial charge is 0.224 e. The number of carbonyl (C=O) groups is 1. The van der Waals surface area contributed by atoms with Crippen LogP contribution in [0.2, 0.25) is 0 Å². The third-order valence-electron chi connectivity index (χ3n) is 3.91. The fourth-order valence-corrected chi connectivity index (χ4v) is 2.74. The summed E-state index contributed by atoms with van der Waals surface area (Å²) in [6.45, 7) is 0. The lowest BCUT2D eigenvalue weighted by molar-refractivity contribution is -0.121. The Hall–Kier alpha value is -2.30. The number of aromatic amines is 1. The van der Waals surface area contributed by atoms with Gasteiger partial charge in [-0.2, -0.15) is 5.10 Å². The zero-order valence-corrected chi connectivity index (χ0v) is 12.1. The van der Waals surface area contributed by atoms with Gasteiger partial charge in [-0.25, -0.2) is 0 Å². The highest BCUT2D eigenvalue weighted by Gasteiger charge is 2.21. The van der Waals surface area contributed by atoms with Crippen LogP contribution < -0.4 is 10.1 Å². The van der Waals surface area contributed by atoms with Gasteiger partial charge in [0.1, 0.15) is 5.75 Å². The van der Waals surface area contributed by atoms with Crippen molar-refractivity contribution >= 4 is 5.91 Å². The SMILES string of the molecule is COc1ccc(CC(=O)NC2CCc3cn[nH]c3C2)cc1. The van der Waals surface area contributed by atoms with Crippen LogP contribution in [0.25, 0.3) is 0 Å². The molecule has 1 unspecified atom stereocenters. The molecule has 1 aromatic heterocycles. The number of nitrogens with zero attached hydrogens (tertiary/aromatic N) is 1. The molecule has 110 valence electrons. The number of amides is 1. The second-order valence-corrected chi connectivity index (χ2v) is 5.41. The van der Waals surface area contributed by atoms with E-state index in [1.165, 1.54) is 5.56 Å². The first-order valence-electron chi connectivity index (χ1n) is 7.18. The first-order chi connectivity index (χ1) is 10.2. The maximum Gasteiger partial charge on any atom is 0.224 e. The Balaban J connectivity index is 1.54. The van der Waals surface area contributed by atoms with Crippen molar-refractivity contribution in [2.75, 3.05) is 7.11 Å². The van der Waals surface area contributed by atoms with E-state index in [2.05, 4.69) is 15.5 Å². The molecule has 3 rings (SSSR count). The van der Waals surface area contributed by atoms with Gasteiger partial charge < -0.3 is 10.1 Å². The molecule has 0 spiro atoms. The van der Waals surface area contributed by atoms with Crippen LogP contribution in [0.5, 0.6) is 5.75 Å². The fourth-order valence-electron chi connectivity index (χ4n) is 2.74. The molecule has 0 fully saturated rings. The average molecular weight is 285 g/mol. The highest BCUT2D eigenvalue weighted by atomic mass is 16.5. The van der Waals surface area contributed by atoms with E-state index in [0.717, 1.165) is 36.3 Å². The normalized spacial score (nSPS) is 17.1. The van der Waals surface area contributed by atoms with E-state index < -0.39 is 0 Å². The zero-order chi connectivity index (χ0) is 14.7. The van der Waals surface area contributed by atoms with Crippen LogP contribution in [0, 0.1) is 0 Å². The number of H-pyrrole nitrogens is 1. The molecule has 21 heavy (non-hydrogen) atoms. The summed E-state index contributed by atoms with van der Waals surface area (Å²) in [5.41, 5.74) is 3.41. The van der Waals surface area contributed by atoms with Crippen LogP contribution in [0.15, 0.2) is 30.5 Å². The number of aryl methyl sites for hydroxylation is 1. The van der Waals surface area contributed by atoms with Gasteiger partial charge in [0, 0.05) is 18.2 Å². The Kier molecular flexibility index (Phi) is 3.90. The fraction of sp³-hybridized carbons (Fsp3) is 0.375. The van der Waals surface area contributed by atoms with Gasteiger partial charge in [0.15, 0.2) is 0 Å². The minimum absolute atomic E-state index is 0.0631. The number of aromatic nitrogens is 2. The molecule has 0 saturated carbocycles. The number of ether oxygens (including phenoxy) is 1. The van der Waals surface area contributed by atoms with Crippen molar-refractivity contribution in [1.29, 1.82) is 0 Å². The van der Waals surface area contributed by atoms with Crippen LogP contribution in [0.4, 0.5) is 0 Å². The van der Waals surface area contributed by atoms with Gasteiger partial charge in [-0.15, -0.1) is 0 Å². The molecule has 5 nitrogen and oxygen atoms in total. The summed E-state index contributed by atoms with van der Waals surface area (Å²) in [5.74, 6) is 0.867. The van der Waals surface area contributed by atoms with Crippen molar-refractivity contribution < 1.29 is 9.53 Å². The molecule has 0 saturated heterocycles. The number of benzene rings is 1. The Morgan fingerprint density at radius 2 is 2.24 bits per heavy atom. The second-order valence-electron chi connectivity index (χ2n) is 5.41. The van der Waals surface area contributed by atoms with Crippen molar-refractivity contribution in [3.05, 3.63) is 47.3 Å². The summed E-state index contributed by atoms with van der Waals surface area (Å²) in [5, 5.41) is 10.2. The molecule has 2 N–H and O–H groups in total. The van der Waals surface area contributed by atoms with Crippen LogP contribution >= 0.6 is 0 Å². The van der Waals surface area contributed by atoms with E-state index in [9.17, 15) is 4.79 Å². The van der Waals surface area contributed by atoms with Crippen LogP contribution in [-0.2, 0) is 24.1 Å². The van der Waals surface area contributed by atoms with Crippen LogP contribution in [0.3, 0.4) is 0 Å². The molecule has 2 aromatic rings. The lowest BCUT2D eigenvalue weighted by Crippen LogP contribution is -2.39. The molecule has 1 atom stereocenters. The molecule has 0 bridgehead atoms. The van der Waals surface area contributed by atoms with Crippen LogP contribution in [0.1, 0.15) is 23.2 Å². The number of methoxy groups -OCH3 is 1. The number of carbonyl (C=O) groups excluding carboxylic acids is 1. The number of fused-ring (bicyclic) bond motifs is 1. The van der Waals surface area contributed by atoms with Crippen molar-refractivity contribution in [2.45, 2.75) is 31.7 Å². The largest absolute Gasteiger partial charge is 0.497 e. The minimum Gasteiger partial charge on any atom is -0.497 e. The minimum atomic E-state index is 0.0631. The average Bonchev–Trinajstić information content (AvgIpc) is 2.95. The van der Waals surface area contributed by atoms with Crippen molar-refractivity contribution in [3.63, 3.8) is 0 Å². The van der Waals surface area contributed by atoms with Crippen molar-refractivity contribution in [1.82, 2.24) is 15.5 Å². The topological polar surface area (TPSA) is 67.0 Å². The Bertz CT molecular complexity index is 619. The van der Waals surface area contributed by atoms with E-state index in [1.807, 2.05) is 30.5 Å². The molecule has 1 aromatic carbocycles. The summed E-state index contributed by atoms with van der Waals surface area (Å²) in [6.07, 6.45) is 5.06. The molecule has 5 heteroatoms. The number of rotatable bonds is 4. The van der Waals surface area contributed by atoms with Gasteiger partial charge in [0.2, 0.25) is 5.91 Å². The van der Waals surface area contributed by atoms with Gasteiger partial charge in [0.05, 0.1) is 19.7 Å². The summed E-state index contributed by atoms with van der Waals surface area (Å²) >= 11 is 0. The van der Waals surface area contributed by atoms with Gasteiger partial charge in [-0.1, -0.05) is 12.1 Å². The van der Waals surface area contributed by atoms with E-state index in [4.69, 9.17) is 4.74 Å². The molecule has 1 aliphatic carbocycles. The summed E-state index contributed by atoms with van der Waals surface area (Å²) in [6, 6.07) is 7.79. The van der Waals surface area contributed by atoms with E-state index in [1.54, 1.807) is 7.11 Å². The Labute approximate surface area is 123 Å². The standard InChI is InChI=1S/C16H19N3O2/c1-21-14-6-2-11(3-7-14)8-16(20)18-13-5-4-12-10-17-19-15(12)9-13/h2-3,6-7,10,13H,4-5,8-9H2,1H3,(H,17,19)(H,18,20). The van der Waals surface area contributed by atoms with Crippen molar-refractivity contribution in [2.24, 2.45) is 0 Å². The second kappa shape index (κ2) is 5.99. The summed E-state index contributed by atoms with van der Waals surface area (Å²) in [7, 11) is 1.63. The third-order valence-corrected chi connectivity index (χ3v) is 3.91. The van der Waals surface area contributed by atoms with E-state index >= 15 is 0 Å². The molecule has 1 amide bonds. The highest BCUT2D eigenvalue weighted by Crippen LogP contribution is 2.19. The lowest BCUT2D eigenvalue weighted by atomic mass is 9.93. The predicted molar refractivity (Wildman–Crippen MR) is 79.2 cm³/mol. The maximum atomic E-state index is 12.1. The molecular weight excluding hydrogens is 266 g/mol. The number of hydrogen-bond donors (Lipinski definition) is 2. The summed E-state index contributed by atoms with van der Waals surface area (Å²) in [4.78, 5) is 12.1. The van der Waals surface area contributed by atoms with Crippen molar-refractivity contribution in [3.8, 4) is 5.75 Å². The first kappa shape index (κ1) is 13.7. The molecule has 0 aliphatic heterocycles. The number of hydrogen-bond acceptors (Lipinski definition) is 3. The van der Waals surface area contributed by atoms with Gasteiger partial charge in [-0.05, 0) is 36.1 Å². The maximum absolute atomic E-state index is 12.1. The number of nitrogens with one attached hydrogen (secondary N) is 2. The van der Waals surface area contributed by atoms with Gasteiger partial charge >= 0.3 is 0 Å². The first-order valence-corrected chi connectivity index (χ1v) is 7.18. The van der Waals surface area contributed by atoms with E-state index in [-0.39, 0.29) is 11.9 Å². The van der Waals surface area contributed by atoms with Gasteiger partial charge in [0.25, 0.3) is 0 Å². The molecule has 1 heterocycles. The molecular formula is C16H19N3O2.